The number of para-hydroxylation sites is 2. The second-order valence-electron chi connectivity index (χ2n) is 6.25. The summed E-state index contributed by atoms with van der Waals surface area (Å²) in [6, 6.07) is 18.4. The highest BCUT2D eigenvalue weighted by molar-refractivity contribution is 9.10. The quantitative estimate of drug-likeness (QED) is 0.429. The van der Waals surface area contributed by atoms with E-state index in [1.54, 1.807) is 30.3 Å². The van der Waals surface area contributed by atoms with E-state index in [0.29, 0.717) is 10.4 Å². The summed E-state index contributed by atoms with van der Waals surface area (Å²) < 4.78 is 3.00. The van der Waals surface area contributed by atoms with E-state index >= 15 is 0 Å². The number of imidazole rings is 1. The van der Waals surface area contributed by atoms with E-state index in [-0.39, 0.29) is 11.8 Å². The number of thiophene rings is 1. The zero-order valence-corrected chi connectivity index (χ0v) is 17.9. The molecule has 2 aromatic carbocycles. The molecule has 0 aliphatic heterocycles. The van der Waals surface area contributed by atoms with Gasteiger partial charge in [0, 0.05) is 16.6 Å². The highest BCUT2D eigenvalue weighted by Gasteiger charge is 2.16. The second-order valence-corrected chi connectivity index (χ2v) is 8.25. The van der Waals surface area contributed by atoms with Crippen molar-refractivity contribution >= 4 is 50.1 Å². The number of hydrogen-bond donors (Lipinski definition) is 2. The maximum atomic E-state index is 12.5. The number of aromatic nitrogens is 2. The normalized spacial score (nSPS) is 10.8. The Morgan fingerprint density at radius 2 is 1.72 bits per heavy atom. The molecule has 0 aliphatic rings. The fraction of sp³-hybridized carbons (Fsp3) is 0.0952. The van der Waals surface area contributed by atoms with Gasteiger partial charge in [-0.05, 0) is 55.5 Å². The first kappa shape index (κ1) is 19.4. The Labute approximate surface area is 179 Å². The lowest BCUT2D eigenvalue weighted by atomic mass is 10.2. The van der Waals surface area contributed by atoms with Crippen LogP contribution in [0.5, 0.6) is 0 Å². The molecule has 6 nitrogen and oxygen atoms in total. The Hall–Kier alpha value is -2.97. The van der Waals surface area contributed by atoms with Crippen molar-refractivity contribution in [2.45, 2.75) is 13.5 Å². The Bertz CT molecular complexity index is 1200. The van der Waals surface area contributed by atoms with Crippen LogP contribution >= 0.6 is 27.3 Å². The van der Waals surface area contributed by atoms with Crippen molar-refractivity contribution in [1.82, 2.24) is 20.4 Å². The molecule has 0 bridgehead atoms. The monoisotopic (exact) mass is 468 g/mol. The van der Waals surface area contributed by atoms with E-state index in [9.17, 15) is 9.59 Å². The molecule has 0 saturated carbocycles. The van der Waals surface area contributed by atoms with Crippen LogP contribution in [0, 0.1) is 0 Å². The first-order valence-corrected chi connectivity index (χ1v) is 10.6. The van der Waals surface area contributed by atoms with E-state index in [2.05, 4.69) is 38.3 Å². The average molecular weight is 469 g/mol. The molecule has 2 heterocycles. The van der Waals surface area contributed by atoms with E-state index < -0.39 is 0 Å². The van der Waals surface area contributed by atoms with Crippen LogP contribution in [0.25, 0.3) is 21.7 Å². The molecule has 29 heavy (non-hydrogen) atoms. The highest BCUT2D eigenvalue weighted by Crippen LogP contribution is 2.30. The van der Waals surface area contributed by atoms with Gasteiger partial charge in [0.25, 0.3) is 11.8 Å². The average Bonchev–Trinajstić information content (AvgIpc) is 3.36. The minimum absolute atomic E-state index is 0.370. The van der Waals surface area contributed by atoms with Crippen molar-refractivity contribution in [3.8, 4) is 10.7 Å². The summed E-state index contributed by atoms with van der Waals surface area (Å²) in [6.45, 7) is 2.84. The molecular formula is C21H17BrN4O2S. The summed E-state index contributed by atoms with van der Waals surface area (Å²) in [6.07, 6.45) is 0. The van der Waals surface area contributed by atoms with Gasteiger partial charge in [-0.15, -0.1) is 11.3 Å². The van der Waals surface area contributed by atoms with Gasteiger partial charge in [0.2, 0.25) is 0 Å². The first-order chi connectivity index (χ1) is 14.1. The molecule has 0 aliphatic carbocycles. The molecule has 2 amide bonds. The topological polar surface area (TPSA) is 76.0 Å². The third-order valence-electron chi connectivity index (χ3n) is 4.42. The van der Waals surface area contributed by atoms with Crippen LogP contribution in [0.2, 0.25) is 0 Å². The fourth-order valence-electron chi connectivity index (χ4n) is 3.01. The van der Waals surface area contributed by atoms with Crippen LogP contribution in [0.3, 0.4) is 0 Å². The molecule has 8 heteroatoms. The third-order valence-corrected chi connectivity index (χ3v) is 6.03. The molecule has 0 radical (unpaired) electrons. The Balaban J connectivity index is 1.50. The minimum Gasteiger partial charge on any atom is -0.324 e. The van der Waals surface area contributed by atoms with E-state index in [0.717, 1.165) is 32.8 Å². The smallest absolute Gasteiger partial charge is 0.279 e. The summed E-state index contributed by atoms with van der Waals surface area (Å²) in [4.78, 5) is 30.7. The Morgan fingerprint density at radius 3 is 2.48 bits per heavy atom. The lowest BCUT2D eigenvalue weighted by molar-refractivity contribution is 0.0849. The van der Waals surface area contributed by atoms with Gasteiger partial charge in [-0.1, -0.05) is 28.1 Å². The van der Waals surface area contributed by atoms with Gasteiger partial charge >= 0.3 is 0 Å². The molecule has 146 valence electrons. The number of rotatable bonds is 4. The molecule has 2 aromatic heterocycles. The van der Waals surface area contributed by atoms with Crippen molar-refractivity contribution in [2.24, 2.45) is 0 Å². The van der Waals surface area contributed by atoms with Crippen LogP contribution in [0.1, 0.15) is 27.0 Å². The number of carbonyl (C=O) groups is 2. The standard InChI is InChI=1S/C21H17BrN4O2S/c1-2-26-16-6-4-3-5-15(16)23-19(26)17-11-12-18(29-17)21(28)25-24-20(27)13-7-9-14(22)10-8-13/h3-12H,2H2,1H3,(H,24,27)(H,25,28). The van der Waals surface area contributed by atoms with Crippen molar-refractivity contribution in [3.63, 3.8) is 0 Å². The van der Waals surface area contributed by atoms with Crippen molar-refractivity contribution < 1.29 is 9.59 Å². The number of amides is 2. The van der Waals surface area contributed by atoms with E-state index in [4.69, 9.17) is 4.98 Å². The molecule has 0 atom stereocenters. The summed E-state index contributed by atoms with van der Waals surface area (Å²) in [5.41, 5.74) is 7.35. The largest absolute Gasteiger partial charge is 0.324 e. The zero-order valence-electron chi connectivity index (χ0n) is 15.5. The van der Waals surface area contributed by atoms with E-state index in [1.807, 2.05) is 30.3 Å². The third kappa shape index (κ3) is 3.94. The van der Waals surface area contributed by atoms with Crippen LogP contribution in [0.4, 0.5) is 0 Å². The molecule has 0 fully saturated rings. The zero-order chi connectivity index (χ0) is 20.4. The lowest BCUT2D eigenvalue weighted by Crippen LogP contribution is -2.41. The number of fused-ring (bicyclic) bond motifs is 1. The van der Waals surface area contributed by atoms with Crippen LogP contribution in [0.15, 0.2) is 65.1 Å². The van der Waals surface area contributed by atoms with Crippen LogP contribution < -0.4 is 10.9 Å². The van der Waals surface area contributed by atoms with Gasteiger partial charge < -0.3 is 4.57 Å². The first-order valence-electron chi connectivity index (χ1n) is 8.98. The van der Waals surface area contributed by atoms with Gasteiger partial charge in [-0.25, -0.2) is 4.98 Å². The predicted octanol–water partition coefficient (Wildman–Crippen LogP) is 4.62. The summed E-state index contributed by atoms with van der Waals surface area (Å²) >= 11 is 4.66. The van der Waals surface area contributed by atoms with Crippen molar-refractivity contribution in [3.05, 3.63) is 75.6 Å². The number of nitrogens with zero attached hydrogens (tertiary/aromatic N) is 2. The molecule has 4 aromatic rings. The SMILES string of the molecule is CCn1c(-c2ccc(C(=O)NNC(=O)c3ccc(Br)cc3)s2)nc2ccccc21. The van der Waals surface area contributed by atoms with Crippen molar-refractivity contribution in [2.75, 3.05) is 0 Å². The molecule has 0 saturated heterocycles. The molecule has 4 rings (SSSR count). The van der Waals surface area contributed by atoms with Gasteiger partial charge in [0.1, 0.15) is 0 Å². The van der Waals surface area contributed by atoms with Gasteiger partial charge in [0.05, 0.1) is 20.8 Å². The van der Waals surface area contributed by atoms with Crippen molar-refractivity contribution in [1.29, 1.82) is 0 Å². The van der Waals surface area contributed by atoms with Gasteiger partial charge in [0.15, 0.2) is 5.82 Å². The van der Waals surface area contributed by atoms with Gasteiger partial charge in [-0.3, -0.25) is 20.4 Å². The van der Waals surface area contributed by atoms with Crippen LogP contribution in [-0.4, -0.2) is 21.4 Å². The number of aryl methyl sites for hydroxylation is 1. The van der Waals surface area contributed by atoms with Gasteiger partial charge in [-0.2, -0.15) is 0 Å². The summed E-state index contributed by atoms with van der Waals surface area (Å²) in [5, 5.41) is 0. The minimum atomic E-state index is -0.379. The second kappa shape index (κ2) is 8.18. The van der Waals surface area contributed by atoms with E-state index in [1.165, 1.54) is 11.3 Å². The summed E-state index contributed by atoms with van der Waals surface area (Å²) in [5.74, 6) is 0.0814. The fourth-order valence-corrected chi connectivity index (χ4v) is 4.18. The molecular weight excluding hydrogens is 452 g/mol. The summed E-state index contributed by atoms with van der Waals surface area (Å²) in [7, 11) is 0. The number of benzene rings is 2. The highest BCUT2D eigenvalue weighted by atomic mass is 79.9. The lowest BCUT2D eigenvalue weighted by Gasteiger charge is -2.06. The molecule has 2 N–H and O–H groups in total. The number of hydrogen-bond acceptors (Lipinski definition) is 4. The van der Waals surface area contributed by atoms with Crippen LogP contribution in [-0.2, 0) is 6.54 Å². The number of hydrazine groups is 1. The maximum absolute atomic E-state index is 12.5. The Morgan fingerprint density at radius 1 is 1.00 bits per heavy atom. The Kier molecular flexibility index (Phi) is 5.46. The number of nitrogens with one attached hydrogen (secondary N) is 2. The molecule has 0 unspecified atom stereocenters. The maximum Gasteiger partial charge on any atom is 0.279 e. The predicted molar refractivity (Wildman–Crippen MR) is 118 cm³/mol. The number of carbonyl (C=O) groups excluding carboxylic acids is 2. The number of halogens is 1. The molecule has 0 spiro atoms.